The number of sulfone groups is 1. The number of hydrogen-bond acceptors (Lipinski definition) is 7. The number of fused-ring (bicyclic) bond motifs is 1. The Kier molecular flexibility index (Phi) is 8.28. The minimum Gasteiger partial charge on any atom is -0.460 e. The maximum absolute atomic E-state index is 14.3. The Balaban J connectivity index is 1.55. The summed E-state index contributed by atoms with van der Waals surface area (Å²) in [5.41, 5.74) is 0.262. The summed E-state index contributed by atoms with van der Waals surface area (Å²) in [6.45, 7) is 13.7. The highest BCUT2D eigenvalue weighted by Crippen LogP contribution is 2.57. The first-order valence-corrected chi connectivity index (χ1v) is 18.1. The van der Waals surface area contributed by atoms with Gasteiger partial charge in [-0.1, -0.05) is 99.1 Å². The van der Waals surface area contributed by atoms with Crippen molar-refractivity contribution in [1.82, 2.24) is 0 Å². The Morgan fingerprint density at radius 1 is 0.860 bits per heavy atom. The van der Waals surface area contributed by atoms with E-state index >= 15 is 0 Å². The van der Waals surface area contributed by atoms with Crippen LogP contribution in [0.1, 0.15) is 53.5 Å². The summed E-state index contributed by atoms with van der Waals surface area (Å²) in [6.07, 6.45) is -2.69. The average Bonchev–Trinajstić information content (AvgIpc) is 3.63. The van der Waals surface area contributed by atoms with Gasteiger partial charge in [-0.3, -0.25) is 4.79 Å². The standard InChI is InChI=1S/C34H42O7SSi/c1-24-18-20-25(21-19-24)42(36,37)34-29(39-28(31(34)41-34)22-30(35)40-32(2,3)4)23-38-43(33(5,6)7,26-14-10-8-11-15-26)27-16-12-9-13-17-27/h8-21,28-29,31H,22-23H2,1-7H3/t28-,29-,31+,34+/m1/s1. The molecular formula is C34H42O7SSi. The molecule has 3 aromatic carbocycles. The van der Waals surface area contributed by atoms with Gasteiger partial charge in [-0.25, -0.2) is 8.42 Å². The van der Waals surface area contributed by atoms with Gasteiger partial charge >= 0.3 is 5.97 Å². The Morgan fingerprint density at radius 3 is 1.88 bits per heavy atom. The second kappa shape index (κ2) is 11.3. The maximum atomic E-state index is 14.3. The molecule has 0 amide bonds. The molecule has 230 valence electrons. The minimum atomic E-state index is -4.03. The predicted octanol–water partition coefficient (Wildman–Crippen LogP) is 4.94. The third-order valence-corrected chi connectivity index (χ3v) is 15.5. The van der Waals surface area contributed by atoms with E-state index in [2.05, 4.69) is 45.0 Å². The fourth-order valence-electron chi connectivity index (χ4n) is 6.25. The number of aryl methyl sites for hydroxylation is 1. The van der Waals surface area contributed by atoms with Gasteiger partial charge in [-0.05, 0) is 55.2 Å². The quantitative estimate of drug-likeness (QED) is 0.190. The van der Waals surface area contributed by atoms with E-state index in [1.54, 1.807) is 45.0 Å². The molecule has 0 spiro atoms. The van der Waals surface area contributed by atoms with Crippen molar-refractivity contribution in [3.05, 3.63) is 90.5 Å². The van der Waals surface area contributed by atoms with Crippen LogP contribution in [-0.2, 0) is 33.3 Å². The second-order valence-electron chi connectivity index (χ2n) is 13.5. The molecule has 0 bridgehead atoms. The van der Waals surface area contributed by atoms with Crippen molar-refractivity contribution >= 4 is 34.5 Å². The monoisotopic (exact) mass is 622 g/mol. The van der Waals surface area contributed by atoms with E-state index in [9.17, 15) is 13.2 Å². The van der Waals surface area contributed by atoms with Crippen LogP contribution in [0.25, 0.3) is 0 Å². The lowest BCUT2D eigenvalue weighted by Crippen LogP contribution is -2.67. The lowest BCUT2D eigenvalue weighted by atomic mass is 10.1. The van der Waals surface area contributed by atoms with Gasteiger partial charge in [-0.15, -0.1) is 0 Å². The number of ether oxygens (including phenoxy) is 3. The molecule has 2 heterocycles. The van der Waals surface area contributed by atoms with Gasteiger partial charge in [0.25, 0.3) is 8.32 Å². The minimum absolute atomic E-state index is 0.0281. The van der Waals surface area contributed by atoms with E-state index in [4.69, 9.17) is 18.6 Å². The van der Waals surface area contributed by atoms with Crippen LogP contribution < -0.4 is 10.4 Å². The molecule has 0 unspecified atom stereocenters. The smallest absolute Gasteiger partial charge is 0.309 e. The number of carbonyl (C=O) groups is 1. The van der Waals surface area contributed by atoms with E-state index in [1.165, 1.54) is 0 Å². The van der Waals surface area contributed by atoms with Crippen LogP contribution >= 0.6 is 0 Å². The molecule has 7 nitrogen and oxygen atoms in total. The molecular weight excluding hydrogens is 581 g/mol. The van der Waals surface area contributed by atoms with Crippen molar-refractivity contribution in [2.24, 2.45) is 0 Å². The van der Waals surface area contributed by atoms with Crippen LogP contribution in [0, 0.1) is 6.92 Å². The molecule has 2 fully saturated rings. The highest BCUT2D eigenvalue weighted by Gasteiger charge is 2.79. The van der Waals surface area contributed by atoms with Crippen LogP contribution in [0.4, 0.5) is 0 Å². The van der Waals surface area contributed by atoms with E-state index in [0.717, 1.165) is 15.9 Å². The molecule has 2 saturated heterocycles. The molecule has 5 rings (SSSR count). The summed E-state index contributed by atoms with van der Waals surface area (Å²) < 4.78 is 53.7. The molecule has 0 aromatic heterocycles. The van der Waals surface area contributed by atoms with E-state index in [-0.39, 0.29) is 23.0 Å². The van der Waals surface area contributed by atoms with Crippen molar-refractivity contribution in [3.63, 3.8) is 0 Å². The van der Waals surface area contributed by atoms with Gasteiger partial charge in [-0.2, -0.15) is 0 Å². The average molecular weight is 623 g/mol. The van der Waals surface area contributed by atoms with Crippen molar-refractivity contribution in [3.8, 4) is 0 Å². The van der Waals surface area contributed by atoms with E-state index in [0.29, 0.717) is 0 Å². The van der Waals surface area contributed by atoms with Gasteiger partial charge in [0.1, 0.15) is 17.8 Å². The topological polar surface area (TPSA) is 91.4 Å². The third kappa shape index (κ3) is 5.73. The summed E-state index contributed by atoms with van der Waals surface area (Å²) in [5.74, 6) is -0.469. The fourth-order valence-corrected chi connectivity index (χ4v) is 12.8. The van der Waals surface area contributed by atoms with Crippen LogP contribution in [0.15, 0.2) is 89.8 Å². The number of hydrogen-bond donors (Lipinski definition) is 0. The molecule has 2 aliphatic rings. The number of rotatable bonds is 9. The maximum Gasteiger partial charge on any atom is 0.309 e. The number of carbonyl (C=O) groups excluding carboxylic acids is 1. The van der Waals surface area contributed by atoms with E-state index in [1.807, 2.05) is 43.3 Å². The van der Waals surface area contributed by atoms with Gasteiger partial charge in [0.2, 0.25) is 14.8 Å². The Bertz CT molecular complexity index is 1500. The van der Waals surface area contributed by atoms with Crippen LogP contribution in [0.5, 0.6) is 0 Å². The first kappa shape index (κ1) is 31.6. The molecule has 0 radical (unpaired) electrons. The van der Waals surface area contributed by atoms with Gasteiger partial charge in [0, 0.05) is 0 Å². The highest BCUT2D eigenvalue weighted by molar-refractivity contribution is 7.93. The Hall–Kier alpha value is -2.82. The zero-order valence-corrected chi connectivity index (χ0v) is 27.8. The largest absolute Gasteiger partial charge is 0.460 e. The zero-order valence-electron chi connectivity index (χ0n) is 26.0. The lowest BCUT2D eigenvalue weighted by Gasteiger charge is -2.43. The molecule has 9 heteroatoms. The molecule has 3 aromatic rings. The first-order valence-electron chi connectivity index (χ1n) is 14.7. The lowest BCUT2D eigenvalue weighted by molar-refractivity contribution is -0.160. The van der Waals surface area contributed by atoms with Gasteiger partial charge in [0.05, 0.1) is 24.0 Å². The number of epoxide rings is 1. The summed E-state index contributed by atoms with van der Waals surface area (Å²) in [4.78, 5) is 11.3. The molecule has 4 atom stereocenters. The van der Waals surface area contributed by atoms with Crippen molar-refractivity contribution in [2.45, 2.75) is 93.7 Å². The molecule has 0 aliphatic carbocycles. The second-order valence-corrected chi connectivity index (χ2v) is 19.9. The molecule has 43 heavy (non-hydrogen) atoms. The van der Waals surface area contributed by atoms with Crippen molar-refractivity contribution < 1.29 is 31.8 Å². The van der Waals surface area contributed by atoms with Gasteiger partial charge < -0.3 is 18.6 Å². The molecule has 0 N–H and O–H groups in total. The van der Waals surface area contributed by atoms with E-state index < -0.39 is 53.0 Å². The normalized spacial score (nSPS) is 23.9. The summed E-state index contributed by atoms with van der Waals surface area (Å²) in [5, 5.41) is 1.82. The molecule has 0 saturated carbocycles. The van der Waals surface area contributed by atoms with Crippen molar-refractivity contribution in [1.29, 1.82) is 0 Å². The Morgan fingerprint density at radius 2 is 1.40 bits per heavy atom. The third-order valence-electron chi connectivity index (χ3n) is 8.18. The van der Waals surface area contributed by atoms with Crippen LogP contribution in [-0.4, -0.2) is 58.2 Å². The first-order chi connectivity index (χ1) is 20.1. The summed E-state index contributed by atoms with van der Waals surface area (Å²) in [6, 6.07) is 27.0. The Labute approximate surface area is 256 Å². The zero-order chi connectivity index (χ0) is 31.3. The predicted molar refractivity (Wildman–Crippen MR) is 169 cm³/mol. The van der Waals surface area contributed by atoms with Crippen molar-refractivity contribution in [2.75, 3.05) is 6.61 Å². The SMILES string of the molecule is Cc1ccc(S(=O)(=O)[C@]23O[C@H]2[C@@H](CC(=O)OC(C)(C)C)O[C@@H]3CO[Si](c2ccccc2)(c2ccccc2)C(C)(C)C)cc1. The fraction of sp³-hybridized carbons (Fsp3) is 0.441. The summed E-state index contributed by atoms with van der Waals surface area (Å²) in [7, 11) is -7.04. The number of benzene rings is 3. The highest BCUT2D eigenvalue weighted by atomic mass is 32.2. The number of esters is 1. The molecule has 2 aliphatic heterocycles. The summed E-state index contributed by atoms with van der Waals surface area (Å²) >= 11 is 0. The van der Waals surface area contributed by atoms with Crippen LogP contribution in [0.3, 0.4) is 0 Å². The van der Waals surface area contributed by atoms with Crippen LogP contribution in [0.2, 0.25) is 5.04 Å². The van der Waals surface area contributed by atoms with Gasteiger partial charge in [0.15, 0.2) is 0 Å².